The maximum atomic E-state index is 11.0. The first-order chi connectivity index (χ1) is 7.78. The first-order valence-electron chi connectivity index (χ1n) is 5.41. The Kier molecular flexibility index (Phi) is 5.25. The fraction of sp³-hybridized carbons (Fsp3) is 0.417. The third-order valence-electron chi connectivity index (χ3n) is 2.39. The van der Waals surface area contributed by atoms with Gasteiger partial charge in [-0.05, 0) is 30.9 Å². The minimum atomic E-state index is -0.445. The Morgan fingerprint density at radius 3 is 2.71 bits per heavy atom. The number of rotatable bonds is 5. The Morgan fingerprint density at radius 2 is 2.06 bits per heavy atom. The predicted octanol–water partition coefficient (Wildman–Crippen LogP) is 1.76. The van der Waals surface area contributed by atoms with Crippen LogP contribution in [-0.4, -0.2) is 19.1 Å². The summed E-state index contributed by atoms with van der Waals surface area (Å²) in [4.78, 5) is 11.0. The molecule has 4 nitrogen and oxygen atoms in total. The summed E-state index contributed by atoms with van der Waals surface area (Å²) < 4.78 is 10.5. The Morgan fingerprint density at radius 1 is 1.35 bits per heavy atom. The topological polar surface area (TPSA) is 61.6 Å². The van der Waals surface area contributed by atoms with Gasteiger partial charge in [-0.25, -0.2) is 0 Å². The van der Waals surface area contributed by atoms with Crippen molar-refractivity contribution in [3.8, 4) is 11.5 Å². The molecule has 0 amide bonds. The Hall–Kier alpha value is -1.26. The van der Waals surface area contributed by atoms with Gasteiger partial charge < -0.3 is 15.2 Å². The molecule has 0 aromatic heterocycles. The molecule has 17 heavy (non-hydrogen) atoms. The van der Waals surface area contributed by atoms with Gasteiger partial charge in [0.05, 0.1) is 13.2 Å². The van der Waals surface area contributed by atoms with Crippen molar-refractivity contribution in [1.82, 2.24) is 0 Å². The number of nitrogens with two attached hydrogens (primary N) is 1. The predicted molar refractivity (Wildman–Crippen MR) is 66.6 cm³/mol. The summed E-state index contributed by atoms with van der Waals surface area (Å²) in [5.41, 5.74) is 5.16. The van der Waals surface area contributed by atoms with Gasteiger partial charge in [0.1, 0.15) is 11.5 Å². The van der Waals surface area contributed by atoms with Gasteiger partial charge in [-0.2, -0.15) is 0 Å². The van der Waals surface area contributed by atoms with Crippen LogP contribution in [0.4, 0.5) is 0 Å². The van der Waals surface area contributed by atoms with Crippen LogP contribution in [0.5, 0.6) is 11.5 Å². The Labute approximate surface area is 106 Å². The summed E-state index contributed by atoms with van der Waals surface area (Å²) in [7, 11) is 0. The molecule has 1 saturated carbocycles. The molecule has 1 aromatic carbocycles. The number of benzene rings is 1. The van der Waals surface area contributed by atoms with Gasteiger partial charge in [0, 0.05) is 6.07 Å². The van der Waals surface area contributed by atoms with Gasteiger partial charge >= 0.3 is 5.97 Å². The number of hydrogen-bond donors (Lipinski definition) is 1. The van der Waals surface area contributed by atoms with Crippen molar-refractivity contribution < 1.29 is 14.3 Å². The van der Waals surface area contributed by atoms with Crippen LogP contribution < -0.4 is 15.2 Å². The van der Waals surface area contributed by atoms with E-state index in [4.69, 9.17) is 15.2 Å². The second-order valence-electron chi connectivity index (χ2n) is 3.91. The fourth-order valence-corrected chi connectivity index (χ4v) is 1.30. The number of hydrogen-bond acceptors (Lipinski definition) is 4. The van der Waals surface area contributed by atoms with Crippen LogP contribution in [-0.2, 0) is 4.79 Å². The summed E-state index contributed by atoms with van der Waals surface area (Å²) in [6, 6.07) is 7.05. The van der Waals surface area contributed by atoms with Crippen LogP contribution in [0.25, 0.3) is 0 Å². The minimum absolute atomic E-state index is 0. The summed E-state index contributed by atoms with van der Waals surface area (Å²) in [5, 5.41) is 0. The quantitative estimate of drug-likeness (QED) is 0.645. The molecule has 0 atom stereocenters. The number of esters is 1. The first-order valence-corrected chi connectivity index (χ1v) is 5.41. The highest BCUT2D eigenvalue weighted by Crippen LogP contribution is 2.30. The zero-order valence-corrected chi connectivity index (χ0v) is 10.2. The van der Waals surface area contributed by atoms with Crippen molar-refractivity contribution in [2.75, 3.05) is 13.2 Å². The molecule has 2 rings (SSSR count). The van der Waals surface area contributed by atoms with E-state index in [0.717, 1.165) is 12.4 Å². The van der Waals surface area contributed by atoms with E-state index in [9.17, 15) is 4.79 Å². The van der Waals surface area contributed by atoms with Crippen molar-refractivity contribution in [3.05, 3.63) is 24.3 Å². The molecule has 1 fully saturated rings. The third-order valence-corrected chi connectivity index (χ3v) is 2.39. The average molecular weight is 258 g/mol. The summed E-state index contributed by atoms with van der Waals surface area (Å²) in [5.74, 6) is 1.47. The van der Waals surface area contributed by atoms with Crippen LogP contribution in [0.15, 0.2) is 24.3 Å². The molecule has 0 radical (unpaired) electrons. The third kappa shape index (κ3) is 4.63. The smallest absolute Gasteiger partial charge is 0.325 e. The van der Waals surface area contributed by atoms with Crippen molar-refractivity contribution >= 4 is 18.4 Å². The highest BCUT2D eigenvalue weighted by molar-refractivity contribution is 5.85. The fourth-order valence-electron chi connectivity index (χ4n) is 1.30. The number of ether oxygens (including phenoxy) is 2. The molecule has 94 valence electrons. The highest BCUT2D eigenvalue weighted by Gasteiger charge is 2.21. The molecule has 2 N–H and O–H groups in total. The first kappa shape index (κ1) is 13.8. The Bertz CT molecular complexity index is 380. The lowest BCUT2D eigenvalue weighted by atomic mass is 10.3. The minimum Gasteiger partial charge on any atom is -0.493 e. The van der Waals surface area contributed by atoms with Crippen molar-refractivity contribution in [1.29, 1.82) is 0 Å². The SMILES string of the molecule is Cl.NCC(=O)Oc1cccc(OCC2CC2)c1. The van der Waals surface area contributed by atoms with Crippen molar-refractivity contribution in [3.63, 3.8) is 0 Å². The Balaban J connectivity index is 0.00000144. The number of halogens is 1. The van der Waals surface area contributed by atoms with Gasteiger partial charge in [0.2, 0.25) is 0 Å². The van der Waals surface area contributed by atoms with E-state index in [1.54, 1.807) is 18.2 Å². The second-order valence-corrected chi connectivity index (χ2v) is 3.91. The molecule has 0 bridgehead atoms. The van der Waals surface area contributed by atoms with Gasteiger partial charge in [-0.3, -0.25) is 4.79 Å². The lowest BCUT2D eigenvalue weighted by Crippen LogP contribution is -2.19. The van der Waals surface area contributed by atoms with E-state index in [2.05, 4.69) is 0 Å². The zero-order chi connectivity index (χ0) is 11.4. The molecule has 0 aliphatic heterocycles. The second kappa shape index (κ2) is 6.47. The van der Waals surface area contributed by atoms with Crippen LogP contribution in [0, 0.1) is 5.92 Å². The van der Waals surface area contributed by atoms with Crippen LogP contribution in [0.3, 0.4) is 0 Å². The van der Waals surface area contributed by atoms with E-state index in [-0.39, 0.29) is 19.0 Å². The molecule has 0 spiro atoms. The molecule has 0 unspecified atom stereocenters. The normalized spacial score (nSPS) is 13.7. The van der Waals surface area contributed by atoms with Gasteiger partial charge in [-0.15, -0.1) is 12.4 Å². The van der Waals surface area contributed by atoms with E-state index in [0.29, 0.717) is 11.7 Å². The molecule has 0 saturated heterocycles. The standard InChI is InChI=1S/C12H15NO3.ClH/c13-7-12(14)16-11-3-1-2-10(6-11)15-8-9-4-5-9;/h1-3,6,9H,4-5,7-8,13H2;1H. The molecular formula is C12H16ClNO3. The monoisotopic (exact) mass is 257 g/mol. The average Bonchev–Trinajstić information content (AvgIpc) is 3.10. The largest absolute Gasteiger partial charge is 0.493 e. The number of carbonyl (C=O) groups excluding carboxylic acids is 1. The maximum absolute atomic E-state index is 11.0. The van der Waals surface area contributed by atoms with E-state index >= 15 is 0 Å². The maximum Gasteiger partial charge on any atom is 0.325 e. The molecule has 0 heterocycles. The molecule has 5 heteroatoms. The van der Waals surface area contributed by atoms with Gasteiger partial charge in [-0.1, -0.05) is 6.07 Å². The lowest BCUT2D eigenvalue weighted by Gasteiger charge is -2.07. The summed E-state index contributed by atoms with van der Waals surface area (Å²) in [6.45, 7) is 0.626. The van der Waals surface area contributed by atoms with Gasteiger partial charge in [0.25, 0.3) is 0 Å². The van der Waals surface area contributed by atoms with Gasteiger partial charge in [0.15, 0.2) is 0 Å². The number of carbonyl (C=O) groups is 1. The molecule has 1 aromatic rings. The van der Waals surface area contributed by atoms with E-state index in [1.165, 1.54) is 12.8 Å². The van der Waals surface area contributed by atoms with E-state index in [1.807, 2.05) is 6.07 Å². The molecular weight excluding hydrogens is 242 g/mol. The van der Waals surface area contributed by atoms with Crippen molar-refractivity contribution in [2.45, 2.75) is 12.8 Å². The van der Waals surface area contributed by atoms with Crippen LogP contribution in [0.2, 0.25) is 0 Å². The molecule has 1 aliphatic carbocycles. The lowest BCUT2D eigenvalue weighted by molar-refractivity contribution is -0.132. The van der Waals surface area contributed by atoms with Crippen LogP contribution in [0.1, 0.15) is 12.8 Å². The zero-order valence-electron chi connectivity index (χ0n) is 9.43. The summed E-state index contributed by atoms with van der Waals surface area (Å²) in [6.07, 6.45) is 2.50. The van der Waals surface area contributed by atoms with E-state index < -0.39 is 5.97 Å². The molecule has 1 aliphatic rings. The summed E-state index contributed by atoms with van der Waals surface area (Å²) >= 11 is 0. The van der Waals surface area contributed by atoms with Crippen molar-refractivity contribution in [2.24, 2.45) is 11.7 Å². The van der Waals surface area contributed by atoms with Crippen LogP contribution >= 0.6 is 12.4 Å². The highest BCUT2D eigenvalue weighted by atomic mass is 35.5.